The normalized spacial score (nSPS) is 33.1. The SMILES string of the molecule is CN(C)CCOC(=O)[C@H]1[C@@H](C(=O)O)[C@H]2C=C[C@@H]1C2. The van der Waals surface area contributed by atoms with E-state index in [1.807, 2.05) is 31.1 Å². The molecular weight excluding hydrogens is 234 g/mol. The van der Waals surface area contributed by atoms with Gasteiger partial charge in [0, 0.05) is 6.54 Å². The zero-order valence-corrected chi connectivity index (χ0v) is 10.7. The number of rotatable bonds is 5. The molecule has 18 heavy (non-hydrogen) atoms. The summed E-state index contributed by atoms with van der Waals surface area (Å²) >= 11 is 0. The summed E-state index contributed by atoms with van der Waals surface area (Å²) in [5.41, 5.74) is 0. The molecule has 5 nitrogen and oxygen atoms in total. The summed E-state index contributed by atoms with van der Waals surface area (Å²) in [7, 11) is 3.79. The molecule has 0 aliphatic heterocycles. The number of nitrogens with zero attached hydrogens (tertiary/aromatic N) is 1. The molecule has 2 rings (SSSR count). The Labute approximate surface area is 106 Å². The van der Waals surface area contributed by atoms with Crippen LogP contribution in [0.5, 0.6) is 0 Å². The fourth-order valence-electron chi connectivity index (χ4n) is 2.91. The number of carbonyl (C=O) groups is 2. The first-order valence-corrected chi connectivity index (χ1v) is 6.23. The first-order chi connectivity index (χ1) is 8.50. The Hall–Kier alpha value is -1.36. The maximum absolute atomic E-state index is 12.0. The van der Waals surface area contributed by atoms with E-state index in [2.05, 4.69) is 0 Å². The molecule has 0 amide bonds. The molecule has 0 spiro atoms. The van der Waals surface area contributed by atoms with Crippen LogP contribution in [-0.2, 0) is 14.3 Å². The number of likely N-dealkylation sites (N-methyl/N-ethyl adjacent to an activating group) is 1. The number of aliphatic carboxylic acids is 1. The molecule has 0 heterocycles. The molecule has 2 bridgehead atoms. The van der Waals surface area contributed by atoms with Crippen molar-refractivity contribution in [1.29, 1.82) is 0 Å². The minimum atomic E-state index is -0.888. The van der Waals surface area contributed by atoms with Gasteiger partial charge in [-0.05, 0) is 32.4 Å². The largest absolute Gasteiger partial charge is 0.481 e. The second-order valence-electron chi connectivity index (χ2n) is 5.31. The van der Waals surface area contributed by atoms with Crippen LogP contribution in [0.4, 0.5) is 0 Å². The quantitative estimate of drug-likeness (QED) is 0.574. The predicted octanol–water partition coefficient (Wildman–Crippen LogP) is 0.614. The van der Waals surface area contributed by atoms with E-state index in [0.29, 0.717) is 13.2 Å². The molecule has 1 N–H and O–H groups in total. The van der Waals surface area contributed by atoms with E-state index in [4.69, 9.17) is 4.74 Å². The minimum absolute atomic E-state index is 0.00102. The highest BCUT2D eigenvalue weighted by Gasteiger charge is 2.52. The summed E-state index contributed by atoms with van der Waals surface area (Å²) in [6.45, 7) is 0.968. The molecule has 0 radical (unpaired) electrons. The highest BCUT2D eigenvalue weighted by Crippen LogP contribution is 2.48. The van der Waals surface area contributed by atoms with Crippen molar-refractivity contribution >= 4 is 11.9 Å². The predicted molar refractivity (Wildman–Crippen MR) is 64.9 cm³/mol. The lowest BCUT2D eigenvalue weighted by Crippen LogP contribution is -2.35. The molecule has 0 aromatic rings. The van der Waals surface area contributed by atoms with Crippen molar-refractivity contribution in [2.24, 2.45) is 23.7 Å². The van der Waals surface area contributed by atoms with E-state index in [9.17, 15) is 14.7 Å². The van der Waals surface area contributed by atoms with E-state index < -0.39 is 17.8 Å². The molecule has 0 unspecified atom stereocenters. The van der Waals surface area contributed by atoms with Gasteiger partial charge < -0.3 is 14.7 Å². The van der Waals surface area contributed by atoms with Gasteiger partial charge >= 0.3 is 11.9 Å². The number of hydrogen-bond acceptors (Lipinski definition) is 4. The van der Waals surface area contributed by atoms with Crippen molar-refractivity contribution in [3.63, 3.8) is 0 Å². The first-order valence-electron chi connectivity index (χ1n) is 6.23. The van der Waals surface area contributed by atoms with E-state index in [1.54, 1.807) is 0 Å². The highest BCUT2D eigenvalue weighted by molar-refractivity contribution is 5.83. The molecule has 2 aliphatic carbocycles. The number of fused-ring (bicyclic) bond motifs is 2. The van der Waals surface area contributed by atoms with Crippen LogP contribution in [0.3, 0.4) is 0 Å². The number of hydrogen-bond donors (Lipinski definition) is 1. The van der Waals surface area contributed by atoms with Gasteiger partial charge in [-0.2, -0.15) is 0 Å². The number of carboxylic acid groups (broad SMARTS) is 1. The van der Waals surface area contributed by atoms with Crippen molar-refractivity contribution in [3.05, 3.63) is 12.2 Å². The van der Waals surface area contributed by atoms with E-state index >= 15 is 0 Å². The van der Waals surface area contributed by atoms with E-state index in [-0.39, 0.29) is 17.8 Å². The molecule has 1 fully saturated rings. The molecule has 100 valence electrons. The van der Waals surface area contributed by atoms with Gasteiger partial charge in [-0.3, -0.25) is 9.59 Å². The zero-order valence-electron chi connectivity index (χ0n) is 10.7. The fraction of sp³-hybridized carbons (Fsp3) is 0.692. The Morgan fingerprint density at radius 3 is 2.44 bits per heavy atom. The van der Waals surface area contributed by atoms with E-state index in [0.717, 1.165) is 6.42 Å². The van der Waals surface area contributed by atoms with Crippen molar-refractivity contribution < 1.29 is 19.4 Å². The van der Waals surface area contributed by atoms with Crippen LogP contribution in [0, 0.1) is 23.7 Å². The standard InChI is InChI=1S/C13H19NO4/c1-14(2)5-6-18-13(17)11-9-4-3-8(7-9)10(11)12(15)16/h3-4,8-11H,5-7H2,1-2H3,(H,15,16)/t8-,9+,10-,11+/m0/s1. The molecular formula is C13H19NO4. The van der Waals surface area contributed by atoms with Crippen molar-refractivity contribution in [3.8, 4) is 0 Å². The topological polar surface area (TPSA) is 66.8 Å². The van der Waals surface area contributed by atoms with Gasteiger partial charge in [0.25, 0.3) is 0 Å². The average Bonchev–Trinajstić information content (AvgIpc) is 2.87. The lowest BCUT2D eigenvalue weighted by atomic mass is 9.83. The number of carbonyl (C=O) groups excluding carboxylic acids is 1. The summed E-state index contributed by atoms with van der Waals surface area (Å²) in [5, 5.41) is 9.22. The van der Waals surface area contributed by atoms with Gasteiger partial charge in [0.05, 0.1) is 11.8 Å². The lowest BCUT2D eigenvalue weighted by Gasteiger charge is -2.23. The third-order valence-electron chi connectivity index (χ3n) is 3.80. The zero-order chi connectivity index (χ0) is 13.3. The van der Waals surface area contributed by atoms with E-state index in [1.165, 1.54) is 0 Å². The summed E-state index contributed by atoms with van der Waals surface area (Å²) < 4.78 is 5.19. The number of allylic oxidation sites excluding steroid dienone is 2. The van der Waals surface area contributed by atoms with Gasteiger partial charge in [-0.15, -0.1) is 0 Å². The molecule has 2 aliphatic rings. The first kappa shape index (κ1) is 13.1. The second kappa shape index (κ2) is 5.10. The maximum atomic E-state index is 12.0. The Kier molecular flexibility index (Phi) is 3.71. The fourth-order valence-corrected chi connectivity index (χ4v) is 2.91. The van der Waals surface area contributed by atoms with Crippen LogP contribution in [0.25, 0.3) is 0 Å². The summed E-state index contributed by atoms with van der Waals surface area (Å²) in [4.78, 5) is 25.2. The molecule has 1 saturated carbocycles. The van der Waals surface area contributed by atoms with Crippen LogP contribution in [0.15, 0.2) is 12.2 Å². The van der Waals surface area contributed by atoms with Gasteiger partial charge in [0.15, 0.2) is 0 Å². The molecule has 5 heteroatoms. The van der Waals surface area contributed by atoms with Crippen molar-refractivity contribution in [2.75, 3.05) is 27.2 Å². The second-order valence-corrected chi connectivity index (χ2v) is 5.31. The van der Waals surface area contributed by atoms with Gasteiger partial charge in [0.1, 0.15) is 6.61 Å². The summed E-state index contributed by atoms with van der Waals surface area (Å²) in [5.74, 6) is -2.31. The third kappa shape index (κ3) is 2.41. The minimum Gasteiger partial charge on any atom is -0.481 e. The monoisotopic (exact) mass is 253 g/mol. The number of ether oxygens (including phenoxy) is 1. The number of carboxylic acids is 1. The molecule has 0 aromatic carbocycles. The van der Waals surface area contributed by atoms with Crippen molar-refractivity contribution in [1.82, 2.24) is 4.90 Å². The van der Waals surface area contributed by atoms with Gasteiger partial charge in [0.2, 0.25) is 0 Å². The molecule has 0 aromatic heterocycles. The third-order valence-corrected chi connectivity index (χ3v) is 3.80. The Bertz CT molecular complexity index is 377. The van der Waals surface area contributed by atoms with Crippen molar-refractivity contribution in [2.45, 2.75) is 6.42 Å². The van der Waals surface area contributed by atoms with Crippen LogP contribution in [0.2, 0.25) is 0 Å². The Morgan fingerprint density at radius 1 is 1.28 bits per heavy atom. The Balaban J connectivity index is 1.96. The van der Waals surface area contributed by atoms with Crippen LogP contribution in [0.1, 0.15) is 6.42 Å². The summed E-state index contributed by atoms with van der Waals surface area (Å²) in [6.07, 6.45) is 4.65. The smallest absolute Gasteiger partial charge is 0.310 e. The highest BCUT2D eigenvalue weighted by atomic mass is 16.5. The maximum Gasteiger partial charge on any atom is 0.310 e. The van der Waals surface area contributed by atoms with Crippen LogP contribution in [-0.4, -0.2) is 49.2 Å². The Morgan fingerprint density at radius 2 is 1.89 bits per heavy atom. The lowest BCUT2D eigenvalue weighted by molar-refractivity contribution is -0.158. The molecule has 0 saturated heterocycles. The average molecular weight is 253 g/mol. The van der Waals surface area contributed by atoms with Crippen LogP contribution < -0.4 is 0 Å². The molecule has 4 atom stereocenters. The van der Waals surface area contributed by atoms with Crippen LogP contribution >= 0.6 is 0 Å². The summed E-state index contributed by atoms with van der Waals surface area (Å²) in [6, 6.07) is 0. The van der Waals surface area contributed by atoms with Gasteiger partial charge in [-0.1, -0.05) is 12.2 Å². The van der Waals surface area contributed by atoms with Gasteiger partial charge in [-0.25, -0.2) is 0 Å². The number of esters is 1.